The average molecular weight is 300 g/mol. The molecule has 0 aromatic carbocycles. The van der Waals surface area contributed by atoms with Crippen LogP contribution in [0.1, 0.15) is 72.1 Å². The lowest BCUT2D eigenvalue weighted by Gasteiger charge is -2.47. The van der Waals surface area contributed by atoms with E-state index in [2.05, 4.69) is 20.8 Å². The van der Waals surface area contributed by atoms with E-state index in [0.29, 0.717) is 12.0 Å². The summed E-state index contributed by atoms with van der Waals surface area (Å²) in [6.45, 7) is 8.77. The van der Waals surface area contributed by atoms with Crippen LogP contribution in [-0.4, -0.2) is 38.6 Å². The number of rotatable bonds is 11. The van der Waals surface area contributed by atoms with Crippen LogP contribution in [0.3, 0.4) is 0 Å². The van der Waals surface area contributed by atoms with Gasteiger partial charge in [-0.2, -0.15) is 0 Å². The Morgan fingerprint density at radius 1 is 1.05 bits per heavy atom. The fourth-order valence-electron chi connectivity index (χ4n) is 3.88. The smallest absolute Gasteiger partial charge is 0.0757 e. The minimum Gasteiger partial charge on any atom is -0.384 e. The Morgan fingerprint density at radius 2 is 1.86 bits per heavy atom. The van der Waals surface area contributed by atoms with Crippen LogP contribution in [0.15, 0.2) is 0 Å². The summed E-state index contributed by atoms with van der Waals surface area (Å²) in [4.78, 5) is 0. The maximum Gasteiger partial charge on any atom is 0.0757 e. The summed E-state index contributed by atoms with van der Waals surface area (Å²) in [6, 6.07) is 0. The molecule has 1 rings (SSSR count). The summed E-state index contributed by atoms with van der Waals surface area (Å²) in [6.07, 6.45) is 10.1. The van der Waals surface area contributed by atoms with Gasteiger partial charge in [0.05, 0.1) is 18.3 Å². The molecule has 3 atom stereocenters. The minimum atomic E-state index is -0.0312. The molecule has 0 spiro atoms. The average Bonchev–Trinajstić information content (AvgIpc) is 2.48. The van der Waals surface area contributed by atoms with Crippen molar-refractivity contribution in [1.82, 2.24) is 0 Å². The maximum absolute atomic E-state index is 6.33. The van der Waals surface area contributed by atoms with Gasteiger partial charge in [-0.3, -0.25) is 0 Å². The van der Waals surface area contributed by atoms with E-state index in [1.165, 1.54) is 32.1 Å². The highest BCUT2D eigenvalue weighted by Gasteiger charge is 2.46. The van der Waals surface area contributed by atoms with Gasteiger partial charge in [0.15, 0.2) is 0 Å². The van der Waals surface area contributed by atoms with Gasteiger partial charge in [-0.05, 0) is 39.5 Å². The van der Waals surface area contributed by atoms with Gasteiger partial charge in [0, 0.05) is 26.2 Å². The molecule has 1 aliphatic rings. The van der Waals surface area contributed by atoms with E-state index in [-0.39, 0.29) is 5.60 Å². The molecule has 1 aliphatic carbocycles. The van der Waals surface area contributed by atoms with Gasteiger partial charge in [-0.1, -0.05) is 32.6 Å². The second-order valence-electron chi connectivity index (χ2n) is 6.26. The predicted octanol–water partition coefficient (Wildman–Crippen LogP) is 4.58. The van der Waals surface area contributed by atoms with Crippen molar-refractivity contribution in [3.05, 3.63) is 0 Å². The van der Waals surface area contributed by atoms with E-state index in [9.17, 15) is 0 Å². The number of ether oxygens (including phenoxy) is 3. The molecule has 126 valence electrons. The first-order valence-corrected chi connectivity index (χ1v) is 8.98. The molecule has 0 aromatic heterocycles. The third kappa shape index (κ3) is 5.54. The lowest BCUT2D eigenvalue weighted by molar-refractivity contribution is -0.173. The molecular formula is C18H36O3. The fraction of sp³-hybridized carbons (Fsp3) is 1.00. The van der Waals surface area contributed by atoms with Gasteiger partial charge < -0.3 is 14.2 Å². The summed E-state index contributed by atoms with van der Waals surface area (Å²) in [5, 5.41) is 0. The highest BCUT2D eigenvalue weighted by atomic mass is 16.5. The standard InChI is InChI=1S/C18H36O3/c1-5-8-9-10-13-18(21-7-3)14-11-12-17(20-6-2)16(18)15-19-4/h16-17H,5-15H2,1-4H3. The summed E-state index contributed by atoms with van der Waals surface area (Å²) < 4.78 is 17.9. The summed E-state index contributed by atoms with van der Waals surface area (Å²) in [7, 11) is 1.80. The van der Waals surface area contributed by atoms with Crippen LogP contribution in [0, 0.1) is 5.92 Å². The van der Waals surface area contributed by atoms with Crippen LogP contribution < -0.4 is 0 Å². The molecule has 0 aromatic rings. The molecule has 21 heavy (non-hydrogen) atoms. The Balaban J connectivity index is 2.77. The van der Waals surface area contributed by atoms with Gasteiger partial charge in [0.25, 0.3) is 0 Å². The highest BCUT2D eigenvalue weighted by molar-refractivity contribution is 4.96. The van der Waals surface area contributed by atoms with Crippen LogP contribution in [-0.2, 0) is 14.2 Å². The molecule has 0 amide bonds. The molecule has 0 radical (unpaired) electrons. The third-order valence-electron chi connectivity index (χ3n) is 4.83. The van der Waals surface area contributed by atoms with Crippen LogP contribution >= 0.6 is 0 Å². The number of unbranched alkanes of at least 4 members (excludes halogenated alkanes) is 3. The largest absolute Gasteiger partial charge is 0.384 e. The molecule has 0 aliphatic heterocycles. The molecule has 0 saturated heterocycles. The second-order valence-corrected chi connectivity index (χ2v) is 6.26. The van der Waals surface area contributed by atoms with Gasteiger partial charge in [0.1, 0.15) is 0 Å². The van der Waals surface area contributed by atoms with Gasteiger partial charge in [-0.25, -0.2) is 0 Å². The molecule has 0 N–H and O–H groups in total. The van der Waals surface area contributed by atoms with Gasteiger partial charge >= 0.3 is 0 Å². The minimum absolute atomic E-state index is 0.0312. The normalized spacial score (nSPS) is 29.7. The Hall–Kier alpha value is -0.120. The Kier molecular flexibility index (Phi) is 9.54. The molecule has 1 fully saturated rings. The van der Waals surface area contributed by atoms with E-state index in [1.807, 2.05) is 0 Å². The zero-order chi connectivity index (χ0) is 15.6. The van der Waals surface area contributed by atoms with E-state index >= 15 is 0 Å². The lowest BCUT2D eigenvalue weighted by Crippen LogP contribution is -2.52. The molecule has 3 nitrogen and oxygen atoms in total. The Bertz CT molecular complexity index is 251. The zero-order valence-corrected chi connectivity index (χ0v) is 14.7. The lowest BCUT2D eigenvalue weighted by atomic mass is 9.71. The van der Waals surface area contributed by atoms with Gasteiger partial charge in [-0.15, -0.1) is 0 Å². The highest BCUT2D eigenvalue weighted by Crippen LogP contribution is 2.42. The number of methoxy groups -OCH3 is 1. The topological polar surface area (TPSA) is 27.7 Å². The van der Waals surface area contributed by atoms with Crippen LogP contribution in [0.25, 0.3) is 0 Å². The van der Waals surface area contributed by atoms with Crippen molar-refractivity contribution in [2.24, 2.45) is 5.92 Å². The van der Waals surface area contributed by atoms with Crippen molar-refractivity contribution in [1.29, 1.82) is 0 Å². The van der Waals surface area contributed by atoms with Crippen LogP contribution in [0.2, 0.25) is 0 Å². The number of hydrogen-bond acceptors (Lipinski definition) is 3. The third-order valence-corrected chi connectivity index (χ3v) is 4.83. The van der Waals surface area contributed by atoms with Crippen molar-refractivity contribution >= 4 is 0 Å². The van der Waals surface area contributed by atoms with Crippen molar-refractivity contribution in [2.45, 2.75) is 83.8 Å². The number of hydrogen-bond donors (Lipinski definition) is 0. The molecular weight excluding hydrogens is 264 g/mol. The maximum atomic E-state index is 6.33. The molecule has 0 bridgehead atoms. The monoisotopic (exact) mass is 300 g/mol. The van der Waals surface area contributed by atoms with Crippen LogP contribution in [0.4, 0.5) is 0 Å². The van der Waals surface area contributed by atoms with Crippen LogP contribution in [0.5, 0.6) is 0 Å². The Morgan fingerprint density at radius 3 is 2.48 bits per heavy atom. The first-order chi connectivity index (χ1) is 10.2. The fourth-order valence-corrected chi connectivity index (χ4v) is 3.88. The van der Waals surface area contributed by atoms with Crippen molar-refractivity contribution in [3.8, 4) is 0 Å². The summed E-state index contributed by atoms with van der Waals surface area (Å²) in [5.74, 6) is 0.373. The molecule has 1 saturated carbocycles. The molecule has 0 heterocycles. The van der Waals surface area contributed by atoms with E-state index in [4.69, 9.17) is 14.2 Å². The van der Waals surface area contributed by atoms with Crippen molar-refractivity contribution in [2.75, 3.05) is 26.9 Å². The second kappa shape index (κ2) is 10.6. The molecule has 3 heteroatoms. The summed E-state index contributed by atoms with van der Waals surface area (Å²) in [5.41, 5.74) is -0.0312. The van der Waals surface area contributed by atoms with Crippen molar-refractivity contribution < 1.29 is 14.2 Å². The van der Waals surface area contributed by atoms with E-state index in [0.717, 1.165) is 39.1 Å². The quantitative estimate of drug-likeness (QED) is 0.523. The van der Waals surface area contributed by atoms with Crippen molar-refractivity contribution in [3.63, 3.8) is 0 Å². The van der Waals surface area contributed by atoms with Gasteiger partial charge in [0.2, 0.25) is 0 Å². The summed E-state index contributed by atoms with van der Waals surface area (Å²) >= 11 is 0. The van der Waals surface area contributed by atoms with E-state index in [1.54, 1.807) is 7.11 Å². The SMILES string of the molecule is CCCCCCC1(OCC)CCCC(OCC)C1COC. The zero-order valence-electron chi connectivity index (χ0n) is 14.7. The molecule has 3 unspecified atom stereocenters. The first kappa shape index (κ1) is 18.9. The van der Waals surface area contributed by atoms with E-state index < -0.39 is 0 Å². The Labute approximate surface area is 131 Å². The first-order valence-electron chi connectivity index (χ1n) is 8.98. The predicted molar refractivity (Wildman–Crippen MR) is 87.7 cm³/mol.